The average molecular weight is 332 g/mol. The Hall–Kier alpha value is -2.31. The average Bonchev–Trinajstić information content (AvgIpc) is 3.00. The summed E-state index contributed by atoms with van der Waals surface area (Å²) in [5.41, 5.74) is 3.74. The Morgan fingerprint density at radius 2 is 2.17 bits per heavy atom. The van der Waals surface area contributed by atoms with E-state index in [1.807, 2.05) is 0 Å². The number of pyridine rings is 1. The van der Waals surface area contributed by atoms with Gasteiger partial charge in [0.25, 0.3) is 0 Å². The fraction of sp³-hybridized carbons (Fsp3) is 0.471. The first-order chi connectivity index (χ1) is 11.6. The van der Waals surface area contributed by atoms with Crippen LogP contribution in [0.3, 0.4) is 0 Å². The van der Waals surface area contributed by atoms with Crippen molar-refractivity contribution in [3.63, 3.8) is 0 Å². The highest BCUT2D eigenvalue weighted by Crippen LogP contribution is 2.34. The van der Waals surface area contributed by atoms with Crippen LogP contribution < -0.4 is 9.64 Å². The number of aryl methyl sites for hydroxylation is 1. The molecular formula is C17H18F2N4O. The Balaban J connectivity index is 1.77. The van der Waals surface area contributed by atoms with Crippen LogP contribution in [-0.2, 0) is 12.8 Å². The minimum absolute atomic E-state index is 0.0910. The standard InChI is InChI=1S/C17H18F2N4O/c1-10-6-8-23(10)17-21-13-4-2-3-12(13)15(22-17)11-5-7-20-14(9-11)24-16(18)19/h5,7,9-10,16H,2-4,6,8H2,1H3/t10-/m0/s1. The van der Waals surface area contributed by atoms with E-state index in [1.54, 1.807) is 6.07 Å². The van der Waals surface area contributed by atoms with Crippen LogP contribution in [0.15, 0.2) is 18.3 Å². The van der Waals surface area contributed by atoms with Gasteiger partial charge in [-0.25, -0.2) is 15.0 Å². The van der Waals surface area contributed by atoms with Crippen molar-refractivity contribution < 1.29 is 13.5 Å². The fourth-order valence-electron chi connectivity index (χ4n) is 3.31. The van der Waals surface area contributed by atoms with Gasteiger partial charge in [-0.1, -0.05) is 0 Å². The predicted octanol–water partition coefficient (Wildman–Crippen LogP) is 3.23. The first-order valence-electron chi connectivity index (χ1n) is 8.19. The van der Waals surface area contributed by atoms with Crippen molar-refractivity contribution in [2.24, 2.45) is 0 Å². The topological polar surface area (TPSA) is 51.1 Å². The third-order valence-corrected chi connectivity index (χ3v) is 4.72. The molecule has 2 aromatic rings. The van der Waals surface area contributed by atoms with Crippen molar-refractivity contribution in [1.82, 2.24) is 15.0 Å². The largest absolute Gasteiger partial charge is 0.417 e. The van der Waals surface area contributed by atoms with Gasteiger partial charge in [0.05, 0.1) is 5.69 Å². The molecule has 0 aromatic carbocycles. The molecule has 1 atom stereocenters. The van der Waals surface area contributed by atoms with Crippen molar-refractivity contribution >= 4 is 5.95 Å². The van der Waals surface area contributed by atoms with Gasteiger partial charge in [0.1, 0.15) is 0 Å². The van der Waals surface area contributed by atoms with Crippen molar-refractivity contribution in [3.05, 3.63) is 29.6 Å². The zero-order valence-electron chi connectivity index (χ0n) is 13.4. The van der Waals surface area contributed by atoms with E-state index in [0.29, 0.717) is 6.04 Å². The number of hydrogen-bond donors (Lipinski definition) is 0. The van der Waals surface area contributed by atoms with Gasteiger partial charge < -0.3 is 9.64 Å². The Morgan fingerprint density at radius 1 is 1.29 bits per heavy atom. The lowest BCUT2D eigenvalue weighted by Crippen LogP contribution is -2.46. The summed E-state index contributed by atoms with van der Waals surface area (Å²) in [6, 6.07) is 3.74. The normalized spacial score (nSPS) is 19.3. The van der Waals surface area contributed by atoms with Crippen molar-refractivity contribution in [3.8, 4) is 17.1 Å². The Bertz CT molecular complexity index is 768. The van der Waals surface area contributed by atoms with Crippen molar-refractivity contribution in [2.75, 3.05) is 11.4 Å². The highest BCUT2D eigenvalue weighted by Gasteiger charge is 2.29. The summed E-state index contributed by atoms with van der Waals surface area (Å²) < 4.78 is 29.3. The summed E-state index contributed by atoms with van der Waals surface area (Å²) in [7, 11) is 0. The number of rotatable bonds is 4. The van der Waals surface area contributed by atoms with E-state index in [0.717, 1.165) is 60.7 Å². The van der Waals surface area contributed by atoms with E-state index in [-0.39, 0.29) is 5.88 Å². The van der Waals surface area contributed by atoms with Crippen LogP contribution >= 0.6 is 0 Å². The fourth-order valence-corrected chi connectivity index (χ4v) is 3.31. The van der Waals surface area contributed by atoms with Crippen LogP contribution in [0.25, 0.3) is 11.3 Å². The first kappa shape index (κ1) is 15.2. The number of ether oxygens (including phenoxy) is 1. The van der Waals surface area contributed by atoms with Gasteiger partial charge in [-0.3, -0.25) is 0 Å². The molecule has 0 radical (unpaired) electrons. The van der Waals surface area contributed by atoms with E-state index < -0.39 is 6.61 Å². The summed E-state index contributed by atoms with van der Waals surface area (Å²) in [6.45, 7) is 0.220. The van der Waals surface area contributed by atoms with E-state index in [1.165, 1.54) is 12.3 Å². The summed E-state index contributed by atoms with van der Waals surface area (Å²) in [5.74, 6) is 0.643. The van der Waals surface area contributed by atoms with Gasteiger partial charge in [0.15, 0.2) is 0 Å². The second-order valence-electron chi connectivity index (χ2n) is 6.24. The Kier molecular flexibility index (Phi) is 3.78. The SMILES string of the molecule is C[C@H]1CCN1c1nc2c(c(-c3ccnc(OC(F)F)c3)n1)CCC2. The quantitative estimate of drug-likeness (QED) is 0.860. The number of aromatic nitrogens is 3. The van der Waals surface area contributed by atoms with Crippen molar-refractivity contribution in [1.29, 1.82) is 0 Å². The third kappa shape index (κ3) is 2.68. The van der Waals surface area contributed by atoms with Crippen LogP contribution in [0.1, 0.15) is 31.0 Å². The predicted molar refractivity (Wildman–Crippen MR) is 85.3 cm³/mol. The minimum atomic E-state index is -2.89. The molecule has 1 aliphatic heterocycles. The molecule has 2 aromatic heterocycles. The van der Waals surface area contributed by atoms with E-state index in [2.05, 4.69) is 21.5 Å². The van der Waals surface area contributed by atoms with Gasteiger partial charge in [-0.05, 0) is 38.7 Å². The maximum Gasteiger partial charge on any atom is 0.388 e. The van der Waals surface area contributed by atoms with Crippen molar-refractivity contribution in [2.45, 2.75) is 45.3 Å². The van der Waals surface area contributed by atoms with Gasteiger partial charge >= 0.3 is 6.61 Å². The lowest BCUT2D eigenvalue weighted by atomic mass is 10.0. The lowest BCUT2D eigenvalue weighted by molar-refractivity contribution is -0.0528. The number of fused-ring (bicyclic) bond motifs is 1. The minimum Gasteiger partial charge on any atom is -0.417 e. The molecule has 5 nitrogen and oxygen atoms in total. The number of anilines is 1. The van der Waals surface area contributed by atoms with Gasteiger partial charge in [-0.15, -0.1) is 0 Å². The smallest absolute Gasteiger partial charge is 0.388 e. The molecule has 1 saturated heterocycles. The molecule has 4 rings (SSSR count). The first-order valence-corrected chi connectivity index (χ1v) is 8.19. The summed E-state index contributed by atoms with van der Waals surface area (Å²) >= 11 is 0. The van der Waals surface area contributed by atoms with E-state index >= 15 is 0 Å². The molecule has 2 aliphatic rings. The second kappa shape index (κ2) is 5.96. The monoisotopic (exact) mass is 332 g/mol. The van der Waals surface area contributed by atoms with E-state index in [4.69, 9.17) is 9.97 Å². The number of alkyl halides is 2. The van der Waals surface area contributed by atoms with Crippen LogP contribution in [0.4, 0.5) is 14.7 Å². The summed E-state index contributed by atoms with van der Waals surface area (Å²) in [4.78, 5) is 15.5. The number of halogens is 2. The maximum absolute atomic E-state index is 12.4. The lowest BCUT2D eigenvalue weighted by Gasteiger charge is -2.39. The molecule has 7 heteroatoms. The van der Waals surface area contributed by atoms with Gasteiger partial charge in [0.2, 0.25) is 11.8 Å². The molecule has 0 bridgehead atoms. The zero-order chi connectivity index (χ0) is 16.7. The molecule has 0 spiro atoms. The van der Waals surface area contributed by atoms with Crippen LogP contribution in [-0.4, -0.2) is 34.2 Å². The Labute approximate surface area is 138 Å². The Morgan fingerprint density at radius 3 is 2.88 bits per heavy atom. The molecule has 0 amide bonds. The molecule has 0 unspecified atom stereocenters. The molecule has 3 heterocycles. The van der Waals surface area contributed by atoms with Crippen LogP contribution in [0.2, 0.25) is 0 Å². The van der Waals surface area contributed by atoms with Gasteiger partial charge in [-0.2, -0.15) is 8.78 Å². The maximum atomic E-state index is 12.4. The molecule has 1 fully saturated rings. The van der Waals surface area contributed by atoms with Gasteiger partial charge in [0, 0.05) is 41.7 Å². The van der Waals surface area contributed by atoms with E-state index in [9.17, 15) is 8.78 Å². The molecular weight excluding hydrogens is 314 g/mol. The van der Waals surface area contributed by atoms with Crippen LogP contribution in [0, 0.1) is 0 Å². The molecule has 126 valence electrons. The molecule has 0 N–H and O–H groups in total. The summed E-state index contributed by atoms with van der Waals surface area (Å²) in [5, 5.41) is 0. The summed E-state index contributed by atoms with van der Waals surface area (Å²) in [6.07, 6.45) is 5.50. The second-order valence-corrected chi connectivity index (χ2v) is 6.24. The highest BCUT2D eigenvalue weighted by atomic mass is 19.3. The molecule has 0 saturated carbocycles. The number of nitrogens with zero attached hydrogens (tertiary/aromatic N) is 4. The highest BCUT2D eigenvalue weighted by molar-refractivity contribution is 5.67. The molecule has 24 heavy (non-hydrogen) atoms. The third-order valence-electron chi connectivity index (χ3n) is 4.72. The molecule has 1 aliphatic carbocycles. The zero-order valence-corrected chi connectivity index (χ0v) is 13.4. The number of hydrogen-bond acceptors (Lipinski definition) is 5. The van der Waals surface area contributed by atoms with Crippen LogP contribution in [0.5, 0.6) is 5.88 Å².